The molecule has 0 atom stereocenters. The number of rotatable bonds is 3. The van der Waals surface area contributed by atoms with Gasteiger partial charge in [-0.25, -0.2) is 0 Å². The Hall–Kier alpha value is -0.820. The zero-order valence-electron chi connectivity index (χ0n) is 10.9. The largest absolute Gasteiger partial charge is 0.319 e. The van der Waals surface area contributed by atoms with Gasteiger partial charge in [-0.15, -0.1) is 0 Å². The molecule has 0 saturated heterocycles. The van der Waals surface area contributed by atoms with Gasteiger partial charge in [0.15, 0.2) is 0 Å². The van der Waals surface area contributed by atoms with Crippen LogP contribution in [0.2, 0.25) is 0 Å². The smallest absolute Gasteiger partial charge is 0.00878 e. The Kier molecular flexibility index (Phi) is 2.83. The first-order valence-electron chi connectivity index (χ1n) is 6.19. The first-order chi connectivity index (χ1) is 7.47. The van der Waals surface area contributed by atoms with Gasteiger partial charge in [-0.3, -0.25) is 0 Å². The molecule has 1 saturated carbocycles. The van der Waals surface area contributed by atoms with Crippen molar-refractivity contribution in [1.29, 1.82) is 0 Å². The molecule has 0 spiro atoms. The molecule has 0 heterocycles. The van der Waals surface area contributed by atoms with Crippen LogP contribution >= 0.6 is 0 Å². The molecule has 1 aromatic carbocycles. The highest BCUT2D eigenvalue weighted by atomic mass is 14.8. The minimum Gasteiger partial charge on any atom is -0.319 e. The molecular formula is C15H23N. The number of likely N-dealkylation sites (N-methyl/N-ethyl adjacent to an activating group) is 1. The van der Waals surface area contributed by atoms with E-state index in [4.69, 9.17) is 0 Å². The van der Waals surface area contributed by atoms with Crippen molar-refractivity contribution in [2.45, 2.75) is 39.0 Å². The van der Waals surface area contributed by atoms with E-state index in [0.717, 1.165) is 6.54 Å². The standard InChI is InChI=1S/C15H23N/c1-12-5-7-13(8-6-12)15(11-16-4)9-14(2,3)10-15/h5-8,16H,9-11H2,1-4H3. The molecule has 0 radical (unpaired) electrons. The summed E-state index contributed by atoms with van der Waals surface area (Å²) in [5, 5.41) is 3.36. The van der Waals surface area contributed by atoms with Crippen molar-refractivity contribution in [2.75, 3.05) is 13.6 Å². The van der Waals surface area contributed by atoms with Gasteiger partial charge in [0, 0.05) is 12.0 Å². The van der Waals surface area contributed by atoms with Crippen LogP contribution in [0.15, 0.2) is 24.3 Å². The molecule has 1 aromatic rings. The van der Waals surface area contributed by atoms with Crippen molar-refractivity contribution in [2.24, 2.45) is 5.41 Å². The zero-order valence-corrected chi connectivity index (χ0v) is 10.9. The SMILES string of the molecule is CNCC1(c2ccc(C)cc2)CC(C)(C)C1. The molecule has 88 valence electrons. The van der Waals surface area contributed by atoms with Crippen molar-refractivity contribution in [3.05, 3.63) is 35.4 Å². The predicted octanol–water partition coefficient (Wildman–Crippen LogP) is 3.27. The summed E-state index contributed by atoms with van der Waals surface area (Å²) in [7, 11) is 2.06. The third kappa shape index (κ3) is 2.01. The molecule has 0 amide bonds. The van der Waals surface area contributed by atoms with Crippen molar-refractivity contribution >= 4 is 0 Å². The number of benzene rings is 1. The molecule has 1 aliphatic carbocycles. The number of hydrogen-bond donors (Lipinski definition) is 1. The monoisotopic (exact) mass is 217 g/mol. The molecule has 1 N–H and O–H groups in total. The topological polar surface area (TPSA) is 12.0 Å². The van der Waals surface area contributed by atoms with E-state index in [1.165, 1.54) is 24.0 Å². The van der Waals surface area contributed by atoms with E-state index in [-0.39, 0.29) is 0 Å². The van der Waals surface area contributed by atoms with Gasteiger partial charge in [0.1, 0.15) is 0 Å². The van der Waals surface area contributed by atoms with Crippen LogP contribution in [0.3, 0.4) is 0 Å². The van der Waals surface area contributed by atoms with E-state index >= 15 is 0 Å². The van der Waals surface area contributed by atoms with Crippen LogP contribution in [0.1, 0.15) is 37.8 Å². The van der Waals surface area contributed by atoms with Gasteiger partial charge in [-0.1, -0.05) is 43.7 Å². The highest BCUT2D eigenvalue weighted by Gasteiger charge is 2.49. The summed E-state index contributed by atoms with van der Waals surface area (Å²) < 4.78 is 0. The quantitative estimate of drug-likeness (QED) is 0.819. The molecule has 0 aromatic heterocycles. The third-order valence-electron chi connectivity index (χ3n) is 3.81. The van der Waals surface area contributed by atoms with Gasteiger partial charge in [-0.05, 0) is 37.8 Å². The Morgan fingerprint density at radius 1 is 1.12 bits per heavy atom. The van der Waals surface area contributed by atoms with Crippen molar-refractivity contribution in [3.63, 3.8) is 0 Å². The minimum atomic E-state index is 0.381. The third-order valence-corrected chi connectivity index (χ3v) is 3.81. The lowest BCUT2D eigenvalue weighted by molar-refractivity contribution is 0.0579. The molecule has 1 nitrogen and oxygen atoms in total. The lowest BCUT2D eigenvalue weighted by Gasteiger charge is -2.54. The highest BCUT2D eigenvalue weighted by Crippen LogP contribution is 2.54. The Bertz CT molecular complexity index is 354. The summed E-state index contributed by atoms with van der Waals surface area (Å²) in [5.41, 5.74) is 3.75. The fourth-order valence-corrected chi connectivity index (χ4v) is 3.46. The summed E-state index contributed by atoms with van der Waals surface area (Å²) >= 11 is 0. The maximum Gasteiger partial charge on any atom is 0.00878 e. The maximum atomic E-state index is 3.36. The lowest BCUT2D eigenvalue weighted by Crippen LogP contribution is -2.51. The van der Waals surface area contributed by atoms with Crippen LogP contribution in [0.25, 0.3) is 0 Å². The van der Waals surface area contributed by atoms with Crippen molar-refractivity contribution in [3.8, 4) is 0 Å². The van der Waals surface area contributed by atoms with E-state index in [2.05, 4.69) is 57.4 Å². The Balaban J connectivity index is 2.24. The van der Waals surface area contributed by atoms with Crippen molar-refractivity contribution in [1.82, 2.24) is 5.32 Å². The molecular weight excluding hydrogens is 194 g/mol. The second-order valence-corrected chi connectivity index (χ2v) is 6.19. The Morgan fingerprint density at radius 2 is 1.69 bits per heavy atom. The molecule has 16 heavy (non-hydrogen) atoms. The lowest BCUT2D eigenvalue weighted by atomic mass is 9.52. The van der Waals surface area contributed by atoms with Crippen LogP contribution in [-0.4, -0.2) is 13.6 Å². The van der Waals surface area contributed by atoms with Crippen LogP contribution in [0.5, 0.6) is 0 Å². The summed E-state index contributed by atoms with van der Waals surface area (Å²) in [6.07, 6.45) is 2.59. The molecule has 0 unspecified atom stereocenters. The van der Waals surface area contributed by atoms with Gasteiger partial charge in [0.2, 0.25) is 0 Å². The molecule has 2 rings (SSSR count). The van der Waals surface area contributed by atoms with E-state index in [0.29, 0.717) is 10.8 Å². The van der Waals surface area contributed by atoms with Crippen LogP contribution in [0, 0.1) is 12.3 Å². The van der Waals surface area contributed by atoms with Crippen molar-refractivity contribution < 1.29 is 0 Å². The van der Waals surface area contributed by atoms with E-state index in [1.807, 2.05) is 0 Å². The van der Waals surface area contributed by atoms with E-state index in [9.17, 15) is 0 Å². The minimum absolute atomic E-state index is 0.381. The zero-order chi connectivity index (χ0) is 11.8. The van der Waals surface area contributed by atoms with Crippen LogP contribution < -0.4 is 5.32 Å². The second-order valence-electron chi connectivity index (χ2n) is 6.19. The average Bonchev–Trinajstić information content (AvgIpc) is 2.16. The van der Waals surface area contributed by atoms with E-state index in [1.54, 1.807) is 0 Å². The normalized spacial score (nSPS) is 21.5. The summed E-state index contributed by atoms with van der Waals surface area (Å²) in [6.45, 7) is 7.99. The van der Waals surface area contributed by atoms with Gasteiger partial charge >= 0.3 is 0 Å². The molecule has 0 bridgehead atoms. The maximum absolute atomic E-state index is 3.36. The highest BCUT2D eigenvalue weighted by molar-refractivity contribution is 5.33. The van der Waals surface area contributed by atoms with Gasteiger partial charge in [-0.2, -0.15) is 0 Å². The van der Waals surface area contributed by atoms with Crippen LogP contribution in [0.4, 0.5) is 0 Å². The first kappa shape index (κ1) is 11.7. The second kappa shape index (κ2) is 3.89. The van der Waals surface area contributed by atoms with Gasteiger partial charge in [0.05, 0.1) is 0 Å². The molecule has 1 heteroatoms. The number of hydrogen-bond acceptors (Lipinski definition) is 1. The number of aryl methyl sites for hydroxylation is 1. The summed E-state index contributed by atoms with van der Waals surface area (Å²) in [4.78, 5) is 0. The van der Waals surface area contributed by atoms with Gasteiger partial charge in [0.25, 0.3) is 0 Å². The molecule has 0 aliphatic heterocycles. The van der Waals surface area contributed by atoms with Crippen LogP contribution in [-0.2, 0) is 5.41 Å². The molecule has 1 fully saturated rings. The molecule has 1 aliphatic rings. The fraction of sp³-hybridized carbons (Fsp3) is 0.600. The number of nitrogens with one attached hydrogen (secondary N) is 1. The summed E-state index contributed by atoms with van der Waals surface area (Å²) in [5.74, 6) is 0. The Labute approximate surface area is 99.3 Å². The van der Waals surface area contributed by atoms with Gasteiger partial charge < -0.3 is 5.32 Å². The first-order valence-corrected chi connectivity index (χ1v) is 6.19. The van der Waals surface area contributed by atoms with E-state index < -0.39 is 0 Å². The summed E-state index contributed by atoms with van der Waals surface area (Å²) in [6, 6.07) is 9.08. The fourth-order valence-electron chi connectivity index (χ4n) is 3.46. The Morgan fingerprint density at radius 3 is 2.12 bits per heavy atom. The average molecular weight is 217 g/mol. The predicted molar refractivity (Wildman–Crippen MR) is 69.8 cm³/mol.